The van der Waals surface area contributed by atoms with Gasteiger partial charge in [-0.05, 0) is 43.7 Å². The highest BCUT2D eigenvalue weighted by atomic mass is 16.2. The van der Waals surface area contributed by atoms with E-state index >= 15 is 0 Å². The first kappa shape index (κ1) is 13.3. The van der Waals surface area contributed by atoms with E-state index in [1.54, 1.807) is 0 Å². The minimum Gasteiger partial charge on any atom is -0.368 e. The van der Waals surface area contributed by atoms with Crippen LogP contribution in [0.2, 0.25) is 0 Å². The van der Waals surface area contributed by atoms with Crippen LogP contribution in [-0.2, 0) is 9.59 Å². The zero-order valence-corrected chi connectivity index (χ0v) is 11.2. The Bertz CT molecular complexity index is 348. The van der Waals surface area contributed by atoms with Crippen LogP contribution >= 0.6 is 0 Å². The Morgan fingerprint density at radius 1 is 1.33 bits per heavy atom. The molecule has 1 saturated carbocycles. The predicted octanol–water partition coefficient (Wildman–Crippen LogP) is 0.00220. The molecule has 2 unspecified atom stereocenters. The van der Waals surface area contributed by atoms with Gasteiger partial charge in [-0.2, -0.15) is 0 Å². The number of carbonyl (C=O) groups is 2. The van der Waals surface area contributed by atoms with Crippen molar-refractivity contribution >= 4 is 11.8 Å². The van der Waals surface area contributed by atoms with Crippen LogP contribution in [0, 0.1) is 17.3 Å². The normalized spacial score (nSPS) is 26.9. The number of carbonyl (C=O) groups excluding carboxylic acids is 2. The maximum atomic E-state index is 12.2. The molecule has 2 rings (SSSR count). The molecule has 5 heteroatoms. The number of hydrogen-bond acceptors (Lipinski definition) is 3. The van der Waals surface area contributed by atoms with Gasteiger partial charge < -0.3 is 16.4 Å². The van der Waals surface area contributed by atoms with E-state index < -0.39 is 11.9 Å². The number of nitrogens with two attached hydrogens (primary N) is 1. The van der Waals surface area contributed by atoms with E-state index in [9.17, 15) is 9.59 Å². The van der Waals surface area contributed by atoms with Crippen LogP contribution < -0.4 is 16.4 Å². The Labute approximate surface area is 108 Å². The summed E-state index contributed by atoms with van der Waals surface area (Å²) in [5, 5.41) is 6.13. The summed E-state index contributed by atoms with van der Waals surface area (Å²) in [5.41, 5.74) is 5.52. The summed E-state index contributed by atoms with van der Waals surface area (Å²) in [4.78, 5) is 23.4. The number of primary amides is 1. The van der Waals surface area contributed by atoms with Crippen molar-refractivity contribution < 1.29 is 9.59 Å². The van der Waals surface area contributed by atoms with Gasteiger partial charge in [-0.1, -0.05) is 13.8 Å². The molecule has 2 amide bonds. The summed E-state index contributed by atoms with van der Waals surface area (Å²) in [6.07, 6.45) is 3.09. The first-order valence-corrected chi connectivity index (χ1v) is 6.77. The number of hydrogen-bond donors (Lipinski definition) is 3. The Morgan fingerprint density at radius 3 is 2.44 bits per heavy atom. The minimum absolute atomic E-state index is 0.00870. The van der Waals surface area contributed by atoms with Crippen molar-refractivity contribution in [3.63, 3.8) is 0 Å². The van der Waals surface area contributed by atoms with Crippen molar-refractivity contribution in [2.75, 3.05) is 13.1 Å². The van der Waals surface area contributed by atoms with Crippen molar-refractivity contribution in [1.29, 1.82) is 0 Å². The molecule has 1 aliphatic heterocycles. The number of rotatable bonds is 4. The van der Waals surface area contributed by atoms with Crippen molar-refractivity contribution in [1.82, 2.24) is 10.6 Å². The molecule has 1 aliphatic carbocycles. The molecule has 5 nitrogen and oxygen atoms in total. The van der Waals surface area contributed by atoms with Crippen LogP contribution in [0.4, 0.5) is 0 Å². The highest BCUT2D eigenvalue weighted by Gasteiger charge is 2.57. The molecule has 0 bridgehead atoms. The van der Waals surface area contributed by atoms with Gasteiger partial charge in [0.25, 0.3) is 0 Å². The third-order valence-corrected chi connectivity index (χ3v) is 4.38. The van der Waals surface area contributed by atoms with Crippen molar-refractivity contribution in [2.45, 2.75) is 39.2 Å². The van der Waals surface area contributed by atoms with E-state index in [0.29, 0.717) is 0 Å². The lowest BCUT2D eigenvalue weighted by atomic mass is 9.91. The zero-order valence-electron chi connectivity index (χ0n) is 11.2. The van der Waals surface area contributed by atoms with E-state index in [2.05, 4.69) is 10.6 Å². The molecule has 0 radical (unpaired) electrons. The lowest BCUT2D eigenvalue weighted by molar-refractivity contribution is -0.129. The van der Waals surface area contributed by atoms with Gasteiger partial charge in [0.05, 0.1) is 0 Å². The van der Waals surface area contributed by atoms with Crippen LogP contribution in [0.3, 0.4) is 0 Å². The van der Waals surface area contributed by atoms with E-state index in [-0.39, 0.29) is 23.2 Å². The molecule has 2 fully saturated rings. The Hall–Kier alpha value is -1.10. The first-order valence-electron chi connectivity index (χ1n) is 6.77. The van der Waals surface area contributed by atoms with Crippen molar-refractivity contribution in [2.24, 2.45) is 23.0 Å². The average Bonchev–Trinajstić information content (AvgIpc) is 2.99. The number of piperidine rings is 1. The van der Waals surface area contributed by atoms with Crippen molar-refractivity contribution in [3.8, 4) is 0 Å². The summed E-state index contributed by atoms with van der Waals surface area (Å²) >= 11 is 0. The molecule has 0 aromatic heterocycles. The van der Waals surface area contributed by atoms with Gasteiger partial charge in [0.1, 0.15) is 6.04 Å². The number of nitrogens with one attached hydrogen (secondary N) is 2. The van der Waals surface area contributed by atoms with Gasteiger partial charge in [-0.15, -0.1) is 0 Å². The second-order valence-corrected chi connectivity index (χ2v) is 6.00. The fourth-order valence-corrected chi connectivity index (χ4v) is 3.02. The van der Waals surface area contributed by atoms with E-state index in [0.717, 1.165) is 32.4 Å². The molecule has 1 saturated heterocycles. The second-order valence-electron chi connectivity index (χ2n) is 6.00. The molecule has 1 spiro atoms. The molecular formula is C13H23N3O2. The summed E-state index contributed by atoms with van der Waals surface area (Å²) in [7, 11) is 0. The van der Waals surface area contributed by atoms with Crippen LogP contribution in [0.15, 0.2) is 0 Å². The third kappa shape index (κ3) is 2.51. The number of amides is 2. The molecule has 2 aliphatic rings. The molecule has 1 heterocycles. The minimum atomic E-state index is -0.545. The van der Waals surface area contributed by atoms with Gasteiger partial charge in [-0.25, -0.2) is 0 Å². The molecule has 18 heavy (non-hydrogen) atoms. The molecule has 4 N–H and O–H groups in total. The highest BCUT2D eigenvalue weighted by Crippen LogP contribution is 2.58. The fraction of sp³-hybridized carbons (Fsp3) is 0.846. The van der Waals surface area contributed by atoms with E-state index in [1.807, 2.05) is 13.8 Å². The van der Waals surface area contributed by atoms with E-state index in [4.69, 9.17) is 5.73 Å². The molecule has 102 valence electrons. The van der Waals surface area contributed by atoms with Gasteiger partial charge in [0, 0.05) is 5.92 Å². The Morgan fingerprint density at radius 2 is 1.94 bits per heavy atom. The summed E-state index contributed by atoms with van der Waals surface area (Å²) < 4.78 is 0. The lowest BCUT2D eigenvalue weighted by Gasteiger charge is -2.24. The molecular weight excluding hydrogens is 230 g/mol. The molecule has 0 aromatic rings. The summed E-state index contributed by atoms with van der Waals surface area (Å²) in [5.74, 6) is -0.317. The largest absolute Gasteiger partial charge is 0.368 e. The van der Waals surface area contributed by atoms with Crippen LogP contribution in [0.25, 0.3) is 0 Å². The van der Waals surface area contributed by atoms with Gasteiger partial charge in [-0.3, -0.25) is 9.59 Å². The first-order chi connectivity index (χ1) is 8.46. The summed E-state index contributed by atoms with van der Waals surface area (Å²) in [6.45, 7) is 5.77. The van der Waals surface area contributed by atoms with Crippen molar-refractivity contribution in [3.05, 3.63) is 0 Å². The van der Waals surface area contributed by atoms with Crippen LogP contribution in [0.1, 0.15) is 33.1 Å². The Kier molecular flexibility index (Phi) is 3.61. The summed E-state index contributed by atoms with van der Waals surface area (Å²) in [6, 6.07) is -0.545. The predicted molar refractivity (Wildman–Crippen MR) is 68.6 cm³/mol. The van der Waals surface area contributed by atoms with Gasteiger partial charge >= 0.3 is 0 Å². The van der Waals surface area contributed by atoms with E-state index in [1.165, 1.54) is 0 Å². The molecule has 2 atom stereocenters. The SMILES string of the molecule is CC(C)C(NC(=O)C1CC12CCNCC2)C(N)=O. The highest BCUT2D eigenvalue weighted by molar-refractivity contribution is 5.89. The third-order valence-electron chi connectivity index (χ3n) is 4.38. The standard InChI is InChI=1S/C13H23N3O2/c1-8(2)10(11(14)17)16-12(18)9-7-13(9)3-5-15-6-4-13/h8-10,15H,3-7H2,1-2H3,(H2,14,17)(H,16,18). The van der Waals surface area contributed by atoms with Crippen LogP contribution in [-0.4, -0.2) is 30.9 Å². The smallest absolute Gasteiger partial charge is 0.240 e. The maximum absolute atomic E-state index is 12.2. The van der Waals surface area contributed by atoms with Crippen LogP contribution in [0.5, 0.6) is 0 Å². The zero-order chi connectivity index (χ0) is 13.3. The fourth-order valence-electron chi connectivity index (χ4n) is 3.02. The topological polar surface area (TPSA) is 84.2 Å². The Balaban J connectivity index is 1.91. The lowest BCUT2D eigenvalue weighted by Crippen LogP contribution is -2.48. The average molecular weight is 253 g/mol. The molecule has 0 aromatic carbocycles. The second kappa shape index (κ2) is 4.88. The van der Waals surface area contributed by atoms with Gasteiger partial charge in [0.15, 0.2) is 0 Å². The quantitative estimate of drug-likeness (QED) is 0.659. The monoisotopic (exact) mass is 253 g/mol. The van der Waals surface area contributed by atoms with Gasteiger partial charge in [0.2, 0.25) is 11.8 Å². The maximum Gasteiger partial charge on any atom is 0.240 e.